The average Bonchev–Trinajstić information content (AvgIpc) is 3.48. The zero-order chi connectivity index (χ0) is 21.8. The molecule has 166 valence electrons. The highest BCUT2D eigenvalue weighted by atomic mass is 32.2. The van der Waals surface area contributed by atoms with Gasteiger partial charge in [-0.2, -0.15) is 0 Å². The van der Waals surface area contributed by atoms with Crippen molar-refractivity contribution in [3.8, 4) is 5.75 Å². The molecule has 1 aliphatic heterocycles. The number of likely N-dealkylation sites (tertiary alicyclic amines) is 1. The molecule has 4 rings (SSSR count). The molecule has 2 aromatic rings. The molecular weight excluding hydrogens is 414 g/mol. The lowest BCUT2D eigenvalue weighted by molar-refractivity contribution is 0.0820. The van der Waals surface area contributed by atoms with E-state index >= 15 is 0 Å². The number of benzene rings is 2. The van der Waals surface area contributed by atoms with Crippen molar-refractivity contribution in [2.24, 2.45) is 5.92 Å². The van der Waals surface area contributed by atoms with E-state index in [1.54, 1.807) is 24.3 Å². The van der Waals surface area contributed by atoms with E-state index in [1.165, 1.54) is 12.0 Å². The topological polar surface area (TPSA) is 87.7 Å². The smallest absolute Gasteiger partial charge is 0.264 e. The zero-order valence-corrected chi connectivity index (χ0v) is 18.5. The predicted molar refractivity (Wildman–Crippen MR) is 120 cm³/mol. The SMILES string of the molecule is CS(=O)(=O)NC(=O)c1ccc(OCCN2CC(CN[C@@H]3C[C@H]3c3ccccc3)C2)cc1. The molecule has 0 spiro atoms. The van der Waals surface area contributed by atoms with Gasteiger partial charge in [0.15, 0.2) is 0 Å². The van der Waals surface area contributed by atoms with Gasteiger partial charge in [-0.25, -0.2) is 13.1 Å². The summed E-state index contributed by atoms with van der Waals surface area (Å²) < 4.78 is 30.0. The Morgan fingerprint density at radius 1 is 1.10 bits per heavy atom. The minimum Gasteiger partial charge on any atom is -0.492 e. The number of rotatable bonds is 10. The quantitative estimate of drug-likeness (QED) is 0.583. The maximum atomic E-state index is 11.8. The number of nitrogens with one attached hydrogen (secondary N) is 2. The molecule has 31 heavy (non-hydrogen) atoms. The van der Waals surface area contributed by atoms with Crippen LogP contribution in [-0.4, -0.2) is 64.3 Å². The Morgan fingerprint density at radius 2 is 1.81 bits per heavy atom. The molecule has 2 N–H and O–H groups in total. The van der Waals surface area contributed by atoms with Crippen LogP contribution in [0.5, 0.6) is 5.75 Å². The molecule has 0 unspecified atom stereocenters. The van der Waals surface area contributed by atoms with Gasteiger partial charge in [-0.1, -0.05) is 30.3 Å². The van der Waals surface area contributed by atoms with Crippen molar-refractivity contribution < 1.29 is 17.9 Å². The van der Waals surface area contributed by atoms with E-state index in [1.807, 2.05) is 4.72 Å². The first kappa shape index (κ1) is 21.8. The van der Waals surface area contributed by atoms with Gasteiger partial charge >= 0.3 is 0 Å². The first-order chi connectivity index (χ1) is 14.9. The van der Waals surface area contributed by atoms with Crippen LogP contribution in [0, 0.1) is 5.92 Å². The Morgan fingerprint density at radius 3 is 2.48 bits per heavy atom. The monoisotopic (exact) mass is 443 g/mol. The summed E-state index contributed by atoms with van der Waals surface area (Å²) in [5.41, 5.74) is 1.72. The third-order valence-electron chi connectivity index (χ3n) is 5.79. The lowest BCUT2D eigenvalue weighted by atomic mass is 10.0. The molecule has 7 nitrogen and oxygen atoms in total. The van der Waals surface area contributed by atoms with Crippen LogP contribution < -0.4 is 14.8 Å². The molecule has 0 aromatic heterocycles. The maximum Gasteiger partial charge on any atom is 0.264 e. The summed E-state index contributed by atoms with van der Waals surface area (Å²) in [5, 5.41) is 3.71. The van der Waals surface area contributed by atoms with Crippen LogP contribution in [0.25, 0.3) is 0 Å². The van der Waals surface area contributed by atoms with Gasteiger partial charge in [0, 0.05) is 43.7 Å². The number of nitrogens with zero attached hydrogens (tertiary/aromatic N) is 1. The molecule has 2 aromatic carbocycles. The first-order valence-electron chi connectivity index (χ1n) is 10.6. The van der Waals surface area contributed by atoms with Crippen LogP contribution in [-0.2, 0) is 10.0 Å². The highest BCUT2D eigenvalue weighted by Gasteiger charge is 2.38. The Labute approximate surface area is 183 Å². The summed E-state index contributed by atoms with van der Waals surface area (Å²) in [6.07, 6.45) is 2.19. The van der Waals surface area contributed by atoms with Crippen molar-refractivity contribution in [1.29, 1.82) is 0 Å². The van der Waals surface area contributed by atoms with Gasteiger partial charge in [0.2, 0.25) is 10.0 Å². The minimum atomic E-state index is -3.57. The van der Waals surface area contributed by atoms with Crippen molar-refractivity contribution >= 4 is 15.9 Å². The number of carbonyl (C=O) groups excluding carboxylic acids is 1. The van der Waals surface area contributed by atoms with Crippen molar-refractivity contribution in [1.82, 2.24) is 14.9 Å². The fourth-order valence-corrected chi connectivity index (χ4v) is 4.47. The molecule has 1 saturated heterocycles. The van der Waals surface area contributed by atoms with Crippen molar-refractivity contribution in [2.45, 2.75) is 18.4 Å². The molecule has 1 aliphatic carbocycles. The lowest BCUT2D eigenvalue weighted by Crippen LogP contribution is -2.52. The van der Waals surface area contributed by atoms with Crippen LogP contribution >= 0.6 is 0 Å². The average molecular weight is 444 g/mol. The molecule has 1 heterocycles. The number of sulfonamides is 1. The van der Waals surface area contributed by atoms with Gasteiger partial charge in [-0.3, -0.25) is 9.69 Å². The van der Waals surface area contributed by atoms with E-state index in [9.17, 15) is 13.2 Å². The van der Waals surface area contributed by atoms with Crippen LogP contribution in [0.2, 0.25) is 0 Å². The van der Waals surface area contributed by atoms with Crippen molar-refractivity contribution in [2.75, 3.05) is 39.0 Å². The van der Waals surface area contributed by atoms with E-state index in [0.717, 1.165) is 32.4 Å². The molecule has 2 atom stereocenters. The van der Waals surface area contributed by atoms with E-state index in [4.69, 9.17) is 4.74 Å². The van der Waals surface area contributed by atoms with Gasteiger partial charge in [0.05, 0.1) is 6.26 Å². The van der Waals surface area contributed by atoms with Gasteiger partial charge in [0.1, 0.15) is 12.4 Å². The van der Waals surface area contributed by atoms with Gasteiger partial charge in [-0.15, -0.1) is 0 Å². The second-order valence-electron chi connectivity index (χ2n) is 8.47. The second kappa shape index (κ2) is 9.38. The summed E-state index contributed by atoms with van der Waals surface area (Å²) >= 11 is 0. The number of hydrogen-bond donors (Lipinski definition) is 2. The lowest BCUT2D eigenvalue weighted by Gasteiger charge is -2.39. The maximum absolute atomic E-state index is 11.8. The first-order valence-corrected chi connectivity index (χ1v) is 12.5. The van der Waals surface area contributed by atoms with E-state index < -0.39 is 15.9 Å². The molecule has 2 aliphatic rings. The Kier molecular flexibility index (Phi) is 6.60. The second-order valence-corrected chi connectivity index (χ2v) is 10.2. The highest BCUT2D eigenvalue weighted by molar-refractivity contribution is 7.89. The van der Waals surface area contributed by atoms with E-state index in [-0.39, 0.29) is 5.56 Å². The van der Waals surface area contributed by atoms with Crippen LogP contribution in [0.3, 0.4) is 0 Å². The normalized spacial score (nSPS) is 21.3. The van der Waals surface area contributed by atoms with Crippen LogP contribution in [0.4, 0.5) is 0 Å². The molecule has 0 bridgehead atoms. The standard InChI is InChI=1S/C23H29N3O4S/c1-31(28,29)25-23(27)19-7-9-20(10-8-19)30-12-11-26-15-17(16-26)14-24-22-13-21(22)18-5-3-2-4-6-18/h2-10,17,21-22,24H,11-16H2,1H3,(H,25,27)/t21-,22+/m0/s1. The third-order valence-corrected chi connectivity index (χ3v) is 6.35. The highest BCUT2D eigenvalue weighted by Crippen LogP contribution is 2.40. The molecule has 1 amide bonds. The molecule has 0 radical (unpaired) electrons. The number of hydrogen-bond acceptors (Lipinski definition) is 6. The summed E-state index contributed by atoms with van der Waals surface area (Å²) in [6.45, 7) is 4.69. The summed E-state index contributed by atoms with van der Waals surface area (Å²) in [4.78, 5) is 14.2. The summed E-state index contributed by atoms with van der Waals surface area (Å²) in [7, 11) is -3.57. The molecule has 1 saturated carbocycles. The number of amides is 1. The van der Waals surface area contributed by atoms with Crippen molar-refractivity contribution in [3.05, 3.63) is 65.7 Å². The predicted octanol–water partition coefficient (Wildman–Crippen LogP) is 1.83. The summed E-state index contributed by atoms with van der Waals surface area (Å²) in [6, 6.07) is 17.8. The fourth-order valence-electron chi connectivity index (χ4n) is 4.02. The third kappa shape index (κ3) is 6.29. The van der Waals surface area contributed by atoms with E-state index in [0.29, 0.717) is 30.2 Å². The van der Waals surface area contributed by atoms with E-state index in [2.05, 4.69) is 40.5 Å². The number of ether oxygens (including phenoxy) is 1. The van der Waals surface area contributed by atoms with Crippen molar-refractivity contribution in [3.63, 3.8) is 0 Å². The molecule has 8 heteroatoms. The van der Waals surface area contributed by atoms with Gasteiger partial charge in [-0.05, 0) is 42.2 Å². The van der Waals surface area contributed by atoms with Crippen LogP contribution in [0.15, 0.2) is 54.6 Å². The Bertz CT molecular complexity index is 989. The zero-order valence-electron chi connectivity index (χ0n) is 17.7. The van der Waals surface area contributed by atoms with Gasteiger partial charge < -0.3 is 10.1 Å². The van der Waals surface area contributed by atoms with Gasteiger partial charge in [0.25, 0.3) is 5.91 Å². The fraction of sp³-hybridized carbons (Fsp3) is 0.435. The Hall–Kier alpha value is -2.42. The molecular formula is C23H29N3O4S. The largest absolute Gasteiger partial charge is 0.492 e. The number of carbonyl (C=O) groups is 1. The Balaban J connectivity index is 1.09. The minimum absolute atomic E-state index is 0.279. The molecule has 2 fully saturated rings. The van der Waals surface area contributed by atoms with Crippen LogP contribution in [0.1, 0.15) is 28.3 Å². The summed E-state index contributed by atoms with van der Waals surface area (Å²) in [5.74, 6) is 1.39.